The molecule has 21 heavy (non-hydrogen) atoms. The molecule has 0 amide bonds. The number of halogens is 2. The highest BCUT2D eigenvalue weighted by atomic mass is 19.2. The van der Waals surface area contributed by atoms with Gasteiger partial charge < -0.3 is 18.9 Å². The van der Waals surface area contributed by atoms with Crippen molar-refractivity contribution in [3.63, 3.8) is 0 Å². The highest BCUT2D eigenvalue weighted by molar-refractivity contribution is 5.67. The lowest BCUT2D eigenvalue weighted by atomic mass is 10.0. The van der Waals surface area contributed by atoms with Gasteiger partial charge in [0.15, 0.2) is 18.4 Å². The van der Waals surface area contributed by atoms with Crippen LogP contribution in [0.3, 0.4) is 0 Å². The van der Waals surface area contributed by atoms with Gasteiger partial charge in [-0.3, -0.25) is 14.4 Å². The molecule has 0 saturated carbocycles. The number of carbonyl (C=O) groups excluding carboxylic acids is 3. The van der Waals surface area contributed by atoms with Gasteiger partial charge in [0.05, 0.1) is 0 Å². The number of alkyl halides is 2. The first kappa shape index (κ1) is 17.3. The van der Waals surface area contributed by atoms with E-state index < -0.39 is 55.4 Å². The Morgan fingerprint density at radius 3 is 1.95 bits per heavy atom. The Morgan fingerprint density at radius 1 is 0.952 bits per heavy atom. The van der Waals surface area contributed by atoms with Crippen LogP contribution in [-0.2, 0) is 33.3 Å². The molecular weight excluding hydrogens is 294 g/mol. The van der Waals surface area contributed by atoms with Gasteiger partial charge in [0.1, 0.15) is 12.7 Å². The number of ether oxygens (including phenoxy) is 4. The van der Waals surface area contributed by atoms with E-state index in [4.69, 9.17) is 0 Å². The van der Waals surface area contributed by atoms with Crippen LogP contribution in [-0.4, -0.2) is 55.4 Å². The summed E-state index contributed by atoms with van der Waals surface area (Å²) in [5.74, 6) is -2.46. The molecule has 0 spiro atoms. The maximum absolute atomic E-state index is 14.2. The van der Waals surface area contributed by atoms with Crippen LogP contribution in [0.5, 0.6) is 0 Å². The van der Waals surface area contributed by atoms with E-state index in [0.717, 1.165) is 20.8 Å². The number of esters is 3. The van der Waals surface area contributed by atoms with E-state index in [1.54, 1.807) is 0 Å². The number of rotatable bonds is 4. The van der Waals surface area contributed by atoms with E-state index in [0.29, 0.717) is 0 Å². The van der Waals surface area contributed by atoms with Crippen LogP contribution in [0, 0.1) is 0 Å². The summed E-state index contributed by atoms with van der Waals surface area (Å²) in [7, 11) is 0. The minimum atomic E-state index is -2.22. The zero-order chi connectivity index (χ0) is 16.2. The van der Waals surface area contributed by atoms with Crippen molar-refractivity contribution in [1.29, 1.82) is 0 Å². The quantitative estimate of drug-likeness (QED) is 0.550. The summed E-state index contributed by atoms with van der Waals surface area (Å²) in [6, 6.07) is 0. The average molecular weight is 310 g/mol. The van der Waals surface area contributed by atoms with E-state index >= 15 is 0 Å². The second-order valence-electron chi connectivity index (χ2n) is 4.42. The molecule has 0 radical (unpaired) electrons. The van der Waals surface area contributed by atoms with E-state index in [1.165, 1.54) is 0 Å². The summed E-state index contributed by atoms with van der Waals surface area (Å²) in [4.78, 5) is 32.6. The molecule has 0 N–H and O–H groups in total. The SMILES string of the molecule is CC(=O)OC[C@H]1O[C@@H](F)[C@H](OC(C)=O)[C@@H](OC(C)=O)[C@@H]1F. The van der Waals surface area contributed by atoms with Crippen molar-refractivity contribution in [3.8, 4) is 0 Å². The molecule has 0 aliphatic carbocycles. The predicted octanol–water partition coefficient (Wildman–Crippen LogP) is 0.445. The van der Waals surface area contributed by atoms with Crippen LogP contribution >= 0.6 is 0 Å². The standard InChI is InChI=1S/C12H16F2O7/c1-5(15)18-4-8-9(13)10(19-6(2)16)11(12(14)21-8)20-7(3)17/h8-12H,4H2,1-3H3/t8-,9-,10+,11-,12-/m1/s1. The van der Waals surface area contributed by atoms with Gasteiger partial charge in [0.2, 0.25) is 6.36 Å². The first-order valence-corrected chi connectivity index (χ1v) is 6.13. The topological polar surface area (TPSA) is 88.1 Å². The fraction of sp³-hybridized carbons (Fsp3) is 0.750. The highest BCUT2D eigenvalue weighted by Crippen LogP contribution is 2.29. The number of carbonyl (C=O) groups is 3. The zero-order valence-electron chi connectivity index (χ0n) is 11.7. The highest BCUT2D eigenvalue weighted by Gasteiger charge is 2.51. The molecule has 1 aliphatic rings. The maximum Gasteiger partial charge on any atom is 0.303 e. The Balaban J connectivity index is 2.87. The minimum absolute atomic E-state index is 0.554. The predicted molar refractivity (Wildman–Crippen MR) is 62.4 cm³/mol. The molecule has 1 fully saturated rings. The van der Waals surface area contributed by atoms with Crippen LogP contribution in [0.15, 0.2) is 0 Å². The molecule has 9 heteroatoms. The molecule has 5 atom stereocenters. The summed E-state index contributed by atoms with van der Waals surface area (Å²) in [6.07, 6.45) is -9.12. The van der Waals surface area contributed by atoms with Gasteiger partial charge in [-0.1, -0.05) is 0 Å². The molecule has 1 aliphatic heterocycles. The van der Waals surface area contributed by atoms with E-state index in [1.807, 2.05) is 0 Å². The molecule has 7 nitrogen and oxygen atoms in total. The largest absolute Gasteiger partial charge is 0.463 e. The van der Waals surface area contributed by atoms with Gasteiger partial charge in [0, 0.05) is 20.8 Å². The summed E-state index contributed by atoms with van der Waals surface area (Å²) < 4.78 is 46.6. The van der Waals surface area contributed by atoms with E-state index in [2.05, 4.69) is 18.9 Å². The summed E-state index contributed by atoms with van der Waals surface area (Å²) in [5.41, 5.74) is 0. The molecule has 0 aromatic rings. The van der Waals surface area contributed by atoms with Crippen molar-refractivity contribution < 1.29 is 42.1 Å². The third-order valence-corrected chi connectivity index (χ3v) is 2.61. The molecule has 1 saturated heterocycles. The normalized spacial score (nSPS) is 32.1. The summed E-state index contributed by atoms with van der Waals surface area (Å²) >= 11 is 0. The van der Waals surface area contributed by atoms with E-state index in [9.17, 15) is 23.2 Å². The minimum Gasteiger partial charge on any atom is -0.463 e. The molecular formula is C12H16F2O7. The summed E-state index contributed by atoms with van der Waals surface area (Å²) in [6.45, 7) is 2.53. The van der Waals surface area contributed by atoms with Crippen LogP contribution in [0.4, 0.5) is 8.78 Å². The van der Waals surface area contributed by atoms with Gasteiger partial charge in [0.25, 0.3) is 0 Å². The lowest BCUT2D eigenvalue weighted by Gasteiger charge is -2.39. The van der Waals surface area contributed by atoms with Crippen molar-refractivity contribution in [2.45, 2.75) is 51.6 Å². The van der Waals surface area contributed by atoms with Gasteiger partial charge in [-0.15, -0.1) is 0 Å². The van der Waals surface area contributed by atoms with Crippen molar-refractivity contribution >= 4 is 17.9 Å². The second-order valence-corrected chi connectivity index (χ2v) is 4.42. The Kier molecular flexibility index (Phi) is 6.01. The molecule has 0 aromatic carbocycles. The van der Waals surface area contributed by atoms with Gasteiger partial charge in [-0.2, -0.15) is 0 Å². The Hall–Kier alpha value is -1.77. The monoisotopic (exact) mass is 310 g/mol. The molecule has 0 aromatic heterocycles. The molecule has 120 valence electrons. The van der Waals surface area contributed by atoms with Crippen LogP contribution in [0.25, 0.3) is 0 Å². The maximum atomic E-state index is 14.2. The molecule has 1 heterocycles. The Labute approximate surface area is 119 Å². The van der Waals surface area contributed by atoms with Gasteiger partial charge in [-0.25, -0.2) is 8.78 Å². The van der Waals surface area contributed by atoms with Crippen LogP contribution in [0.2, 0.25) is 0 Å². The number of hydrogen-bond donors (Lipinski definition) is 0. The third kappa shape index (κ3) is 4.92. The van der Waals surface area contributed by atoms with Crippen molar-refractivity contribution in [3.05, 3.63) is 0 Å². The fourth-order valence-corrected chi connectivity index (χ4v) is 1.83. The average Bonchev–Trinajstić information content (AvgIpc) is 2.35. The lowest BCUT2D eigenvalue weighted by molar-refractivity contribution is -0.262. The Morgan fingerprint density at radius 2 is 1.48 bits per heavy atom. The zero-order valence-corrected chi connectivity index (χ0v) is 11.7. The lowest BCUT2D eigenvalue weighted by Crippen LogP contribution is -2.58. The molecule has 0 unspecified atom stereocenters. The first-order chi connectivity index (χ1) is 9.72. The fourth-order valence-electron chi connectivity index (χ4n) is 1.83. The molecule has 1 rings (SSSR count). The van der Waals surface area contributed by atoms with Crippen LogP contribution < -0.4 is 0 Å². The van der Waals surface area contributed by atoms with Crippen molar-refractivity contribution in [2.24, 2.45) is 0 Å². The first-order valence-electron chi connectivity index (χ1n) is 6.13. The van der Waals surface area contributed by atoms with Gasteiger partial charge in [-0.05, 0) is 0 Å². The van der Waals surface area contributed by atoms with Crippen molar-refractivity contribution in [1.82, 2.24) is 0 Å². The third-order valence-electron chi connectivity index (χ3n) is 2.61. The van der Waals surface area contributed by atoms with Crippen molar-refractivity contribution in [2.75, 3.05) is 6.61 Å². The van der Waals surface area contributed by atoms with Gasteiger partial charge >= 0.3 is 17.9 Å². The smallest absolute Gasteiger partial charge is 0.303 e. The Bertz CT molecular complexity index is 414. The summed E-state index contributed by atoms with van der Waals surface area (Å²) in [5, 5.41) is 0. The molecule has 0 bridgehead atoms. The van der Waals surface area contributed by atoms with Crippen LogP contribution in [0.1, 0.15) is 20.8 Å². The van der Waals surface area contributed by atoms with E-state index in [-0.39, 0.29) is 0 Å². The number of hydrogen-bond acceptors (Lipinski definition) is 7. The second kappa shape index (κ2) is 7.30.